The van der Waals surface area contributed by atoms with E-state index in [0.29, 0.717) is 29.5 Å². The van der Waals surface area contributed by atoms with E-state index in [1.54, 1.807) is 26.4 Å². The van der Waals surface area contributed by atoms with Gasteiger partial charge in [0.15, 0.2) is 17.3 Å². The summed E-state index contributed by atoms with van der Waals surface area (Å²) in [5, 5.41) is 1.49. The predicted molar refractivity (Wildman–Crippen MR) is 108 cm³/mol. The number of ether oxygens (including phenoxy) is 2. The van der Waals surface area contributed by atoms with Gasteiger partial charge in [0.25, 0.3) is 0 Å². The second-order valence-corrected chi connectivity index (χ2v) is 6.43. The molecule has 4 nitrogen and oxygen atoms in total. The van der Waals surface area contributed by atoms with Gasteiger partial charge in [0, 0.05) is 11.8 Å². The minimum absolute atomic E-state index is 0.00657. The number of fused-ring (bicyclic) bond motifs is 1. The van der Waals surface area contributed by atoms with E-state index >= 15 is 0 Å². The van der Waals surface area contributed by atoms with Gasteiger partial charge in [0.2, 0.25) is 0 Å². The fraction of sp³-hybridized carbons (Fsp3) is 0.182. The molecule has 27 heavy (non-hydrogen) atoms. The topological polar surface area (TPSA) is 48.4 Å². The van der Waals surface area contributed by atoms with Crippen molar-refractivity contribution in [2.75, 3.05) is 14.2 Å². The summed E-state index contributed by atoms with van der Waals surface area (Å²) in [5.74, 6) is 1.26. The molecule has 0 N–H and O–H groups in total. The molecule has 0 atom stereocenters. The standard InChI is InChI=1S/C22H20ClNO3/c1-26-20-11-10-15(13-21(20)27-2)12-18(25)8-5-7-17-14-16-6-3-4-9-19(16)24-22(17)23/h3-6,8-11,13-14H,7,12H2,1-2H3/b8-5+. The maximum Gasteiger partial charge on any atom is 0.161 e. The molecule has 0 amide bonds. The summed E-state index contributed by atoms with van der Waals surface area (Å²) >= 11 is 6.25. The maximum absolute atomic E-state index is 12.2. The molecular weight excluding hydrogens is 362 g/mol. The Morgan fingerprint density at radius 2 is 1.85 bits per heavy atom. The molecule has 0 radical (unpaired) electrons. The van der Waals surface area contributed by atoms with Crippen LogP contribution in [0.1, 0.15) is 11.1 Å². The lowest BCUT2D eigenvalue weighted by Crippen LogP contribution is -2.00. The van der Waals surface area contributed by atoms with Crippen LogP contribution in [0.2, 0.25) is 5.15 Å². The smallest absolute Gasteiger partial charge is 0.161 e. The van der Waals surface area contributed by atoms with E-state index in [2.05, 4.69) is 4.98 Å². The third-order valence-electron chi connectivity index (χ3n) is 4.22. The molecule has 0 unspecified atom stereocenters. The van der Waals surface area contributed by atoms with Crippen molar-refractivity contribution >= 4 is 28.3 Å². The number of rotatable bonds is 7. The van der Waals surface area contributed by atoms with Gasteiger partial charge in [0.05, 0.1) is 19.7 Å². The zero-order valence-electron chi connectivity index (χ0n) is 15.2. The van der Waals surface area contributed by atoms with Crippen molar-refractivity contribution in [1.29, 1.82) is 0 Å². The van der Waals surface area contributed by atoms with Crippen LogP contribution in [0.5, 0.6) is 11.5 Å². The van der Waals surface area contributed by atoms with Crippen LogP contribution in [-0.2, 0) is 17.6 Å². The van der Waals surface area contributed by atoms with E-state index in [4.69, 9.17) is 21.1 Å². The summed E-state index contributed by atoms with van der Waals surface area (Å²) in [5.41, 5.74) is 2.62. The Morgan fingerprint density at radius 1 is 1.07 bits per heavy atom. The number of carbonyl (C=O) groups excluding carboxylic acids is 1. The van der Waals surface area contributed by atoms with Crippen LogP contribution >= 0.6 is 11.6 Å². The number of hydrogen-bond donors (Lipinski definition) is 0. The quantitative estimate of drug-likeness (QED) is 0.435. The molecule has 3 aromatic rings. The van der Waals surface area contributed by atoms with Crippen molar-refractivity contribution in [2.45, 2.75) is 12.8 Å². The number of halogens is 1. The van der Waals surface area contributed by atoms with Gasteiger partial charge in [0.1, 0.15) is 5.15 Å². The Morgan fingerprint density at radius 3 is 2.63 bits per heavy atom. The molecule has 0 bridgehead atoms. The predicted octanol–water partition coefficient (Wildman–Crippen LogP) is 4.82. The fourth-order valence-corrected chi connectivity index (χ4v) is 3.07. The lowest BCUT2D eigenvalue weighted by Gasteiger charge is -2.08. The van der Waals surface area contributed by atoms with Crippen LogP contribution in [0.4, 0.5) is 0 Å². The number of hydrogen-bond acceptors (Lipinski definition) is 4. The monoisotopic (exact) mass is 381 g/mol. The average molecular weight is 382 g/mol. The summed E-state index contributed by atoms with van der Waals surface area (Å²) in [7, 11) is 3.16. The summed E-state index contributed by atoms with van der Waals surface area (Å²) in [4.78, 5) is 16.6. The molecule has 138 valence electrons. The second kappa shape index (κ2) is 8.69. The molecule has 0 saturated heterocycles. The zero-order chi connectivity index (χ0) is 19.2. The molecule has 1 heterocycles. The highest BCUT2D eigenvalue weighted by Gasteiger charge is 2.07. The van der Waals surface area contributed by atoms with E-state index in [-0.39, 0.29) is 5.78 Å². The number of para-hydroxylation sites is 1. The van der Waals surface area contributed by atoms with Gasteiger partial charge in [-0.25, -0.2) is 4.98 Å². The molecule has 0 aliphatic carbocycles. The Kier molecular flexibility index (Phi) is 6.09. The fourth-order valence-electron chi connectivity index (χ4n) is 2.85. The number of allylic oxidation sites excluding steroid dienone is 2. The summed E-state index contributed by atoms with van der Waals surface area (Å²) < 4.78 is 10.5. The lowest BCUT2D eigenvalue weighted by molar-refractivity contribution is -0.114. The van der Waals surface area contributed by atoms with Crippen LogP contribution in [0, 0.1) is 0 Å². The van der Waals surface area contributed by atoms with Crippen molar-refractivity contribution < 1.29 is 14.3 Å². The Bertz CT molecular complexity index is 998. The van der Waals surface area contributed by atoms with Crippen LogP contribution in [0.15, 0.2) is 60.7 Å². The molecule has 0 aliphatic heterocycles. The number of ketones is 1. The molecule has 0 spiro atoms. The van der Waals surface area contributed by atoms with E-state index in [9.17, 15) is 4.79 Å². The highest BCUT2D eigenvalue weighted by atomic mass is 35.5. The van der Waals surface area contributed by atoms with Crippen LogP contribution < -0.4 is 9.47 Å². The van der Waals surface area contributed by atoms with Gasteiger partial charge >= 0.3 is 0 Å². The Balaban J connectivity index is 1.66. The molecule has 2 aromatic carbocycles. The zero-order valence-corrected chi connectivity index (χ0v) is 16.0. The first-order valence-electron chi connectivity index (χ1n) is 8.55. The van der Waals surface area contributed by atoms with Crippen LogP contribution in [0.3, 0.4) is 0 Å². The third kappa shape index (κ3) is 4.66. The molecule has 0 aliphatic rings. The van der Waals surface area contributed by atoms with Gasteiger partial charge in [-0.3, -0.25) is 4.79 Å². The normalized spacial score (nSPS) is 11.1. The Labute approximate surface area is 163 Å². The van der Waals surface area contributed by atoms with Crippen molar-refractivity contribution in [3.8, 4) is 11.5 Å². The van der Waals surface area contributed by atoms with E-state index < -0.39 is 0 Å². The van der Waals surface area contributed by atoms with Crippen molar-refractivity contribution in [3.63, 3.8) is 0 Å². The SMILES string of the molecule is COc1ccc(CC(=O)/C=C/Cc2cc3ccccc3nc2Cl)cc1OC. The third-order valence-corrected chi connectivity index (χ3v) is 4.55. The highest BCUT2D eigenvalue weighted by molar-refractivity contribution is 6.30. The lowest BCUT2D eigenvalue weighted by atomic mass is 10.1. The second-order valence-electron chi connectivity index (χ2n) is 6.07. The molecule has 0 saturated carbocycles. The van der Waals surface area contributed by atoms with E-state index in [1.807, 2.05) is 48.5 Å². The van der Waals surface area contributed by atoms with Gasteiger partial charge in [-0.1, -0.05) is 41.9 Å². The largest absolute Gasteiger partial charge is 0.493 e. The minimum Gasteiger partial charge on any atom is -0.493 e. The summed E-state index contributed by atoms with van der Waals surface area (Å²) in [6, 6.07) is 15.3. The number of pyridine rings is 1. The molecular formula is C22H20ClNO3. The van der Waals surface area contributed by atoms with Crippen LogP contribution in [-0.4, -0.2) is 25.0 Å². The van der Waals surface area contributed by atoms with Crippen LogP contribution in [0.25, 0.3) is 10.9 Å². The number of carbonyl (C=O) groups is 1. The van der Waals surface area contributed by atoms with Gasteiger partial charge in [-0.15, -0.1) is 0 Å². The Hall–Kier alpha value is -2.85. The van der Waals surface area contributed by atoms with Gasteiger partial charge in [-0.2, -0.15) is 0 Å². The van der Waals surface area contributed by atoms with Crippen molar-refractivity contribution in [1.82, 2.24) is 4.98 Å². The van der Waals surface area contributed by atoms with Gasteiger partial charge in [-0.05, 0) is 47.9 Å². The number of benzene rings is 2. The number of methoxy groups -OCH3 is 2. The highest BCUT2D eigenvalue weighted by Crippen LogP contribution is 2.27. The molecule has 0 fully saturated rings. The maximum atomic E-state index is 12.2. The summed E-state index contributed by atoms with van der Waals surface area (Å²) in [6.45, 7) is 0. The average Bonchev–Trinajstić information content (AvgIpc) is 2.68. The minimum atomic E-state index is 0.00657. The molecule has 3 rings (SSSR count). The molecule has 1 aromatic heterocycles. The molecule has 5 heteroatoms. The first kappa shape index (κ1) is 18.9. The first-order chi connectivity index (χ1) is 13.1. The van der Waals surface area contributed by atoms with E-state index in [1.165, 1.54) is 0 Å². The van der Waals surface area contributed by atoms with Crippen molar-refractivity contribution in [3.05, 3.63) is 77.0 Å². The van der Waals surface area contributed by atoms with Gasteiger partial charge < -0.3 is 9.47 Å². The number of nitrogens with zero attached hydrogens (tertiary/aromatic N) is 1. The first-order valence-corrected chi connectivity index (χ1v) is 8.93. The summed E-state index contributed by atoms with van der Waals surface area (Å²) in [6.07, 6.45) is 4.25. The van der Waals surface area contributed by atoms with E-state index in [0.717, 1.165) is 22.0 Å². The number of aromatic nitrogens is 1. The van der Waals surface area contributed by atoms with Crippen molar-refractivity contribution in [2.24, 2.45) is 0 Å².